The van der Waals surface area contributed by atoms with E-state index < -0.39 is 0 Å². The molecule has 146 valence electrons. The third kappa shape index (κ3) is 5.21. The number of carbonyl (C=O) groups is 2. The van der Waals surface area contributed by atoms with Crippen molar-refractivity contribution in [3.05, 3.63) is 70.5 Å². The number of para-hydroxylation sites is 2. The van der Waals surface area contributed by atoms with Crippen LogP contribution in [0.15, 0.2) is 60.1 Å². The highest BCUT2D eigenvalue weighted by molar-refractivity contribution is 7.06. The van der Waals surface area contributed by atoms with Crippen molar-refractivity contribution in [1.82, 2.24) is 4.57 Å². The fourth-order valence-corrected chi connectivity index (χ4v) is 3.03. The molecule has 0 fully saturated rings. The largest absolute Gasteiger partial charge is 0.495 e. The van der Waals surface area contributed by atoms with E-state index in [9.17, 15) is 9.59 Å². The molecule has 0 aliphatic heterocycles. The first-order valence-corrected chi connectivity index (χ1v) is 8.97. The summed E-state index contributed by atoms with van der Waals surface area (Å²) in [5.41, 5.74) is 1.62. The van der Waals surface area contributed by atoms with E-state index in [0.717, 1.165) is 0 Å². The Labute approximate surface area is 171 Å². The molecule has 3 rings (SSSR count). The van der Waals surface area contributed by atoms with Crippen LogP contribution in [0, 0.1) is 5.41 Å². The molecule has 9 heteroatoms. The lowest BCUT2D eigenvalue weighted by atomic mass is 10.2. The highest BCUT2D eigenvalue weighted by Gasteiger charge is 2.10. The van der Waals surface area contributed by atoms with Crippen LogP contribution < -0.4 is 20.2 Å². The van der Waals surface area contributed by atoms with Gasteiger partial charge in [-0.3, -0.25) is 15.0 Å². The molecule has 28 heavy (non-hydrogen) atoms. The smallest absolute Gasteiger partial charge is 0.255 e. The molecule has 0 saturated carbocycles. The molecule has 0 radical (unpaired) electrons. The second-order valence-electron chi connectivity index (χ2n) is 5.62. The van der Waals surface area contributed by atoms with Crippen molar-refractivity contribution in [2.45, 2.75) is 6.54 Å². The minimum atomic E-state index is -0.273. The Kier molecular flexibility index (Phi) is 7.36. The Balaban J connectivity index is 0.00000280. The van der Waals surface area contributed by atoms with Gasteiger partial charge in [0.25, 0.3) is 5.91 Å². The number of benzene rings is 2. The van der Waals surface area contributed by atoms with E-state index in [0.29, 0.717) is 27.5 Å². The Bertz CT molecular complexity index is 1010. The first kappa shape index (κ1) is 21.2. The van der Waals surface area contributed by atoms with E-state index in [1.54, 1.807) is 59.7 Å². The average molecular weight is 419 g/mol. The third-order valence-electron chi connectivity index (χ3n) is 3.78. The average Bonchev–Trinajstić information content (AvgIpc) is 3.07. The van der Waals surface area contributed by atoms with Crippen LogP contribution in [-0.4, -0.2) is 23.5 Å². The second kappa shape index (κ2) is 9.72. The molecule has 7 nitrogen and oxygen atoms in total. The van der Waals surface area contributed by atoms with Gasteiger partial charge in [0.15, 0.2) is 4.80 Å². The highest BCUT2D eigenvalue weighted by Crippen LogP contribution is 2.23. The molecule has 3 N–H and O–H groups in total. The summed E-state index contributed by atoms with van der Waals surface area (Å²) in [7, 11) is 1.54. The summed E-state index contributed by atoms with van der Waals surface area (Å²) >= 11 is 1.26. The second-order valence-corrected chi connectivity index (χ2v) is 6.51. The zero-order valence-corrected chi connectivity index (χ0v) is 16.6. The third-order valence-corrected chi connectivity index (χ3v) is 4.50. The summed E-state index contributed by atoms with van der Waals surface area (Å²) in [5.74, 6) is 0.0672. The van der Waals surface area contributed by atoms with Crippen LogP contribution in [0.25, 0.3) is 0 Å². The lowest BCUT2D eigenvalue weighted by molar-refractivity contribution is -0.116. The Morgan fingerprint density at radius 1 is 1.11 bits per heavy atom. The normalized spacial score (nSPS) is 9.89. The molecule has 0 saturated heterocycles. The molecule has 2 amide bonds. The van der Waals surface area contributed by atoms with Crippen molar-refractivity contribution >= 4 is 46.9 Å². The summed E-state index contributed by atoms with van der Waals surface area (Å²) in [6.45, 7) is 0.0678. The molecule has 0 unspecified atom stereocenters. The van der Waals surface area contributed by atoms with Gasteiger partial charge in [0.05, 0.1) is 12.8 Å². The number of anilines is 2. The van der Waals surface area contributed by atoms with Gasteiger partial charge in [-0.1, -0.05) is 12.1 Å². The summed E-state index contributed by atoms with van der Waals surface area (Å²) in [4.78, 5) is 24.8. The SMILES string of the molecule is COc1ccccc1NC(=O)c1ccc(NC(=O)Cn2ccsc2=N)cc1.Cl. The summed E-state index contributed by atoms with van der Waals surface area (Å²) in [6, 6.07) is 13.7. The monoisotopic (exact) mass is 418 g/mol. The number of hydrogen-bond donors (Lipinski definition) is 3. The van der Waals surface area contributed by atoms with Gasteiger partial charge in [-0.25, -0.2) is 0 Å². The van der Waals surface area contributed by atoms with Crippen molar-refractivity contribution in [3.8, 4) is 5.75 Å². The molecule has 0 spiro atoms. The molecule has 1 aromatic heterocycles. The van der Waals surface area contributed by atoms with Crippen LogP contribution in [-0.2, 0) is 11.3 Å². The number of amides is 2. The van der Waals surface area contributed by atoms with Crippen LogP contribution >= 0.6 is 23.7 Å². The fourth-order valence-electron chi connectivity index (χ4n) is 2.43. The van der Waals surface area contributed by atoms with Crippen molar-refractivity contribution in [2.75, 3.05) is 17.7 Å². The van der Waals surface area contributed by atoms with Crippen molar-refractivity contribution < 1.29 is 14.3 Å². The van der Waals surface area contributed by atoms with Crippen molar-refractivity contribution in [3.63, 3.8) is 0 Å². The fraction of sp³-hybridized carbons (Fsp3) is 0.105. The number of ether oxygens (including phenoxy) is 1. The zero-order chi connectivity index (χ0) is 19.2. The van der Waals surface area contributed by atoms with E-state index in [2.05, 4.69) is 10.6 Å². The van der Waals surface area contributed by atoms with Crippen LogP contribution in [0.5, 0.6) is 5.75 Å². The van der Waals surface area contributed by atoms with Gasteiger partial charge >= 0.3 is 0 Å². The molecule has 0 aliphatic carbocycles. The molecule has 3 aromatic rings. The van der Waals surface area contributed by atoms with Gasteiger partial charge in [-0.15, -0.1) is 23.7 Å². The molecule has 0 atom stereocenters. The zero-order valence-electron chi connectivity index (χ0n) is 15.0. The molecular weight excluding hydrogens is 400 g/mol. The van der Waals surface area contributed by atoms with Crippen LogP contribution in [0.4, 0.5) is 11.4 Å². The maximum Gasteiger partial charge on any atom is 0.255 e. The van der Waals surface area contributed by atoms with Crippen molar-refractivity contribution in [2.24, 2.45) is 0 Å². The number of aromatic nitrogens is 1. The van der Waals surface area contributed by atoms with E-state index in [1.165, 1.54) is 11.3 Å². The number of carbonyl (C=O) groups excluding carboxylic acids is 2. The van der Waals surface area contributed by atoms with E-state index >= 15 is 0 Å². The standard InChI is InChI=1S/C19H18N4O3S.ClH/c1-26-16-5-3-2-4-15(16)22-18(25)13-6-8-14(9-7-13)21-17(24)12-23-10-11-27-19(23)20;/h2-11,20H,12H2,1H3,(H,21,24)(H,22,25);1H. The molecular formula is C19H19ClN4O3S. The Hall–Kier alpha value is -3.10. The Morgan fingerprint density at radius 2 is 1.82 bits per heavy atom. The van der Waals surface area contributed by atoms with Gasteiger partial charge in [-0.2, -0.15) is 0 Å². The van der Waals surface area contributed by atoms with Gasteiger partial charge < -0.3 is 19.9 Å². The number of methoxy groups -OCH3 is 1. The van der Waals surface area contributed by atoms with E-state index in [-0.39, 0.29) is 30.8 Å². The first-order valence-electron chi connectivity index (χ1n) is 8.09. The van der Waals surface area contributed by atoms with Crippen LogP contribution in [0.1, 0.15) is 10.4 Å². The molecule has 2 aromatic carbocycles. The minimum Gasteiger partial charge on any atom is -0.495 e. The summed E-state index contributed by atoms with van der Waals surface area (Å²) in [5, 5.41) is 15.0. The minimum absolute atomic E-state index is 0. The predicted octanol–water partition coefficient (Wildman–Crippen LogP) is 3.35. The van der Waals surface area contributed by atoms with Crippen LogP contribution in [0.2, 0.25) is 0 Å². The number of rotatable bonds is 6. The predicted molar refractivity (Wildman–Crippen MR) is 111 cm³/mol. The number of thiazole rings is 1. The van der Waals surface area contributed by atoms with Gasteiger partial charge in [-0.05, 0) is 36.4 Å². The van der Waals surface area contributed by atoms with Crippen LogP contribution in [0.3, 0.4) is 0 Å². The lowest BCUT2D eigenvalue weighted by Gasteiger charge is -2.10. The Morgan fingerprint density at radius 3 is 2.46 bits per heavy atom. The van der Waals surface area contributed by atoms with E-state index in [4.69, 9.17) is 10.1 Å². The maximum atomic E-state index is 12.4. The molecule has 0 aliphatic rings. The van der Waals surface area contributed by atoms with Gasteiger partial charge in [0.2, 0.25) is 5.91 Å². The number of halogens is 1. The lowest BCUT2D eigenvalue weighted by Crippen LogP contribution is -2.23. The highest BCUT2D eigenvalue weighted by atomic mass is 35.5. The van der Waals surface area contributed by atoms with Crippen molar-refractivity contribution in [1.29, 1.82) is 5.41 Å². The van der Waals surface area contributed by atoms with Gasteiger partial charge in [0, 0.05) is 22.8 Å². The topological polar surface area (TPSA) is 96.2 Å². The maximum absolute atomic E-state index is 12.4. The van der Waals surface area contributed by atoms with Gasteiger partial charge in [0.1, 0.15) is 12.3 Å². The number of nitrogens with one attached hydrogen (secondary N) is 3. The summed E-state index contributed by atoms with van der Waals surface area (Å²) in [6.07, 6.45) is 1.69. The van der Waals surface area contributed by atoms with E-state index in [1.807, 2.05) is 12.1 Å². The number of nitrogens with zero attached hydrogens (tertiary/aromatic N) is 1. The molecule has 0 bridgehead atoms. The first-order chi connectivity index (χ1) is 13.1. The summed E-state index contributed by atoms with van der Waals surface area (Å²) < 4.78 is 6.77. The quantitative estimate of drug-likeness (QED) is 0.572. The number of hydrogen-bond acceptors (Lipinski definition) is 5. The molecule has 1 heterocycles.